The summed E-state index contributed by atoms with van der Waals surface area (Å²) in [7, 11) is -3.46. The monoisotopic (exact) mass is 310 g/mol. The highest BCUT2D eigenvalue weighted by Gasteiger charge is 2.29. The van der Waals surface area contributed by atoms with Crippen molar-refractivity contribution in [1.29, 1.82) is 0 Å². The lowest BCUT2D eigenvalue weighted by Crippen LogP contribution is -2.51. The van der Waals surface area contributed by atoms with E-state index in [-0.39, 0.29) is 28.4 Å². The molecule has 7 heteroatoms. The molecular weight excluding hydrogens is 295 g/mol. The van der Waals surface area contributed by atoms with Crippen molar-refractivity contribution in [2.45, 2.75) is 17.9 Å². The van der Waals surface area contributed by atoms with Crippen LogP contribution in [0.5, 0.6) is 0 Å². The summed E-state index contributed by atoms with van der Waals surface area (Å²) in [5, 5.41) is 3.49. The van der Waals surface area contributed by atoms with E-state index in [4.69, 9.17) is 11.6 Å². The number of hydrogen-bond acceptors (Lipinski definition) is 3. The largest absolute Gasteiger partial charge is 0.312 e. The molecule has 0 aromatic heterocycles. The quantitative estimate of drug-likeness (QED) is 0.905. The zero-order chi connectivity index (χ0) is 12.5. The molecule has 18 heavy (non-hydrogen) atoms. The number of hydrogen-bond donors (Lipinski definition) is 1. The predicted molar refractivity (Wildman–Crippen MR) is 74.9 cm³/mol. The minimum atomic E-state index is -3.46. The van der Waals surface area contributed by atoms with Gasteiger partial charge in [-0.25, -0.2) is 8.42 Å². The molecule has 102 valence electrons. The molecule has 1 aliphatic heterocycles. The van der Waals surface area contributed by atoms with Crippen molar-refractivity contribution in [2.75, 3.05) is 19.6 Å². The number of rotatable bonds is 2. The molecule has 1 saturated heterocycles. The van der Waals surface area contributed by atoms with Gasteiger partial charge in [-0.05, 0) is 19.1 Å². The molecule has 1 N–H and O–H groups in total. The molecular formula is C11H16Cl2N2O2S. The fourth-order valence-electron chi connectivity index (χ4n) is 1.91. The third kappa shape index (κ3) is 3.16. The average Bonchev–Trinajstić information content (AvgIpc) is 2.29. The van der Waals surface area contributed by atoms with Crippen molar-refractivity contribution in [2.24, 2.45) is 0 Å². The van der Waals surface area contributed by atoms with E-state index in [0.717, 1.165) is 0 Å². The number of sulfonamides is 1. The lowest BCUT2D eigenvalue weighted by molar-refractivity contribution is 0.310. The van der Waals surface area contributed by atoms with Gasteiger partial charge in [-0.3, -0.25) is 0 Å². The number of nitrogens with zero attached hydrogens (tertiary/aromatic N) is 1. The van der Waals surface area contributed by atoms with Crippen LogP contribution in [0.4, 0.5) is 0 Å². The van der Waals surface area contributed by atoms with E-state index in [1.807, 2.05) is 6.92 Å². The van der Waals surface area contributed by atoms with Crippen LogP contribution in [-0.4, -0.2) is 38.4 Å². The average molecular weight is 311 g/mol. The number of piperazine rings is 1. The van der Waals surface area contributed by atoms with Gasteiger partial charge in [0.25, 0.3) is 0 Å². The van der Waals surface area contributed by atoms with Crippen LogP contribution in [0.1, 0.15) is 6.92 Å². The summed E-state index contributed by atoms with van der Waals surface area (Å²) in [5.74, 6) is 0. The van der Waals surface area contributed by atoms with E-state index in [2.05, 4.69) is 5.32 Å². The maximum absolute atomic E-state index is 12.4. The first-order valence-corrected chi connectivity index (χ1v) is 7.31. The molecule has 0 spiro atoms. The van der Waals surface area contributed by atoms with Gasteiger partial charge in [0.2, 0.25) is 10.0 Å². The Kier molecular flexibility index (Phi) is 5.43. The smallest absolute Gasteiger partial charge is 0.244 e. The Bertz CT molecular complexity index is 508. The van der Waals surface area contributed by atoms with Crippen molar-refractivity contribution < 1.29 is 8.42 Å². The van der Waals surface area contributed by atoms with E-state index in [0.29, 0.717) is 19.6 Å². The van der Waals surface area contributed by atoms with Crippen molar-refractivity contribution in [3.8, 4) is 0 Å². The van der Waals surface area contributed by atoms with Gasteiger partial charge in [0.1, 0.15) is 4.90 Å². The lowest BCUT2D eigenvalue weighted by atomic mass is 10.3. The first-order valence-electron chi connectivity index (χ1n) is 5.50. The van der Waals surface area contributed by atoms with Crippen LogP contribution < -0.4 is 5.32 Å². The molecule has 0 aliphatic carbocycles. The summed E-state index contributed by atoms with van der Waals surface area (Å²) >= 11 is 5.94. The number of nitrogens with one attached hydrogen (secondary N) is 1. The van der Waals surface area contributed by atoms with Crippen molar-refractivity contribution >= 4 is 34.0 Å². The molecule has 1 fully saturated rings. The van der Waals surface area contributed by atoms with Crippen LogP contribution in [0.3, 0.4) is 0 Å². The zero-order valence-electron chi connectivity index (χ0n) is 9.97. The standard InChI is InChI=1S/C11H15ClN2O2S.ClH/c1-9-8-14(7-6-13-9)17(15,16)11-5-3-2-4-10(11)12;/h2-5,9,13H,6-8H2,1H3;1H/t9-;/m1./s1. The highest BCUT2D eigenvalue weighted by molar-refractivity contribution is 7.89. The van der Waals surface area contributed by atoms with Gasteiger partial charge in [-0.1, -0.05) is 23.7 Å². The predicted octanol–water partition coefficient (Wildman–Crippen LogP) is 1.74. The third-order valence-electron chi connectivity index (χ3n) is 2.79. The van der Waals surface area contributed by atoms with Crippen molar-refractivity contribution in [1.82, 2.24) is 9.62 Å². The summed E-state index contributed by atoms with van der Waals surface area (Å²) in [5.41, 5.74) is 0. The second-order valence-electron chi connectivity index (χ2n) is 4.15. The molecule has 0 bridgehead atoms. The minimum Gasteiger partial charge on any atom is -0.312 e. The summed E-state index contributed by atoms with van der Waals surface area (Å²) in [6.45, 7) is 3.60. The van der Waals surface area contributed by atoms with E-state index in [1.54, 1.807) is 24.3 Å². The second-order valence-corrected chi connectivity index (χ2v) is 6.46. The van der Waals surface area contributed by atoms with E-state index < -0.39 is 10.0 Å². The van der Waals surface area contributed by atoms with E-state index in [1.165, 1.54) is 4.31 Å². The molecule has 1 heterocycles. The topological polar surface area (TPSA) is 49.4 Å². The first-order chi connectivity index (χ1) is 8.01. The molecule has 0 saturated carbocycles. The van der Waals surface area contributed by atoms with Crippen molar-refractivity contribution in [3.63, 3.8) is 0 Å². The zero-order valence-corrected chi connectivity index (χ0v) is 12.4. The number of halogens is 2. The van der Waals surface area contributed by atoms with Gasteiger partial charge in [0, 0.05) is 25.7 Å². The Labute approximate surface area is 119 Å². The second kappa shape index (κ2) is 6.21. The molecule has 2 rings (SSSR count). The molecule has 1 atom stereocenters. The summed E-state index contributed by atoms with van der Waals surface area (Å²) in [6.07, 6.45) is 0. The molecule has 4 nitrogen and oxygen atoms in total. The Morgan fingerprint density at radius 3 is 2.67 bits per heavy atom. The summed E-state index contributed by atoms with van der Waals surface area (Å²) in [6, 6.07) is 6.72. The SMILES string of the molecule is C[C@@H]1CN(S(=O)(=O)c2ccccc2Cl)CCN1.Cl. The van der Waals surface area contributed by atoms with Crippen molar-refractivity contribution in [3.05, 3.63) is 29.3 Å². The third-order valence-corrected chi connectivity index (χ3v) is 5.15. The fourth-order valence-corrected chi connectivity index (χ4v) is 3.93. The van der Waals surface area contributed by atoms with Gasteiger partial charge < -0.3 is 5.32 Å². The van der Waals surface area contributed by atoms with Gasteiger partial charge in [-0.15, -0.1) is 12.4 Å². The molecule has 0 amide bonds. The fraction of sp³-hybridized carbons (Fsp3) is 0.455. The molecule has 1 aliphatic rings. The van der Waals surface area contributed by atoms with E-state index in [9.17, 15) is 8.42 Å². The Hall–Kier alpha value is -0.330. The minimum absolute atomic E-state index is 0. The Morgan fingerprint density at radius 1 is 1.39 bits per heavy atom. The van der Waals surface area contributed by atoms with Crippen LogP contribution >= 0.6 is 24.0 Å². The highest BCUT2D eigenvalue weighted by atomic mass is 35.5. The molecule has 1 aromatic carbocycles. The van der Waals surface area contributed by atoms with Crippen LogP contribution in [-0.2, 0) is 10.0 Å². The first kappa shape index (κ1) is 15.7. The van der Waals surface area contributed by atoms with Gasteiger partial charge in [-0.2, -0.15) is 4.31 Å². The molecule has 1 aromatic rings. The van der Waals surface area contributed by atoms with Crippen LogP contribution in [0.2, 0.25) is 5.02 Å². The van der Waals surface area contributed by atoms with Crippen LogP contribution in [0, 0.1) is 0 Å². The summed E-state index contributed by atoms with van der Waals surface area (Å²) in [4.78, 5) is 0.191. The maximum atomic E-state index is 12.4. The maximum Gasteiger partial charge on any atom is 0.244 e. The van der Waals surface area contributed by atoms with Crippen LogP contribution in [0.25, 0.3) is 0 Å². The molecule has 0 unspecified atom stereocenters. The van der Waals surface area contributed by atoms with Gasteiger partial charge >= 0.3 is 0 Å². The Morgan fingerprint density at radius 2 is 2.06 bits per heavy atom. The van der Waals surface area contributed by atoms with Gasteiger partial charge in [0.05, 0.1) is 5.02 Å². The Balaban J connectivity index is 0.00000162. The highest BCUT2D eigenvalue weighted by Crippen LogP contribution is 2.24. The lowest BCUT2D eigenvalue weighted by Gasteiger charge is -2.31. The molecule has 0 radical (unpaired) electrons. The number of benzene rings is 1. The summed E-state index contributed by atoms with van der Waals surface area (Å²) < 4.78 is 26.2. The van der Waals surface area contributed by atoms with Gasteiger partial charge in [0.15, 0.2) is 0 Å². The van der Waals surface area contributed by atoms with Crippen LogP contribution in [0.15, 0.2) is 29.2 Å². The van der Waals surface area contributed by atoms with E-state index >= 15 is 0 Å². The normalized spacial score (nSPS) is 21.3.